The Bertz CT molecular complexity index is 535. The zero-order valence-electron chi connectivity index (χ0n) is 9.54. The predicted molar refractivity (Wildman–Crippen MR) is 62.6 cm³/mol. The van der Waals surface area contributed by atoms with Crippen LogP contribution in [0.5, 0.6) is 0 Å². The SMILES string of the molecule is O=S1(=O)CCC(c2cn3c(n2)CCC(O)C3)C1. The molecule has 0 spiro atoms. The second-order valence-electron chi connectivity index (χ2n) is 5.03. The molecule has 5 nitrogen and oxygen atoms in total. The Morgan fingerprint density at radius 1 is 1.41 bits per heavy atom. The highest BCUT2D eigenvalue weighted by Gasteiger charge is 2.31. The van der Waals surface area contributed by atoms with Crippen LogP contribution in [-0.2, 0) is 22.8 Å². The van der Waals surface area contributed by atoms with Gasteiger partial charge in [0.15, 0.2) is 9.84 Å². The average molecular weight is 256 g/mol. The van der Waals surface area contributed by atoms with Crippen molar-refractivity contribution in [1.82, 2.24) is 9.55 Å². The number of hydrogen-bond donors (Lipinski definition) is 1. The molecule has 1 N–H and O–H groups in total. The third-order valence-electron chi connectivity index (χ3n) is 3.64. The normalized spacial score (nSPS) is 31.4. The number of aliphatic hydroxyl groups is 1. The fourth-order valence-corrected chi connectivity index (χ4v) is 4.43. The van der Waals surface area contributed by atoms with Crippen molar-refractivity contribution in [3.8, 4) is 0 Å². The van der Waals surface area contributed by atoms with Crippen molar-refractivity contribution in [2.45, 2.75) is 37.8 Å². The van der Waals surface area contributed by atoms with Crippen LogP contribution >= 0.6 is 0 Å². The highest BCUT2D eigenvalue weighted by Crippen LogP contribution is 2.29. The predicted octanol–water partition coefficient (Wildman–Crippen LogP) is 0.0923. The molecule has 0 bridgehead atoms. The minimum absolute atomic E-state index is 0.0512. The number of aromatic nitrogens is 2. The lowest BCUT2D eigenvalue weighted by Gasteiger charge is -2.18. The lowest BCUT2D eigenvalue weighted by atomic mass is 10.1. The van der Waals surface area contributed by atoms with Crippen LogP contribution < -0.4 is 0 Å². The van der Waals surface area contributed by atoms with E-state index >= 15 is 0 Å². The summed E-state index contributed by atoms with van der Waals surface area (Å²) in [7, 11) is -2.85. The second kappa shape index (κ2) is 3.81. The van der Waals surface area contributed by atoms with Gasteiger partial charge in [-0.1, -0.05) is 0 Å². The van der Waals surface area contributed by atoms with Gasteiger partial charge in [0.05, 0.1) is 23.3 Å². The van der Waals surface area contributed by atoms with Gasteiger partial charge in [0.2, 0.25) is 0 Å². The monoisotopic (exact) mass is 256 g/mol. The van der Waals surface area contributed by atoms with Crippen LogP contribution in [0.3, 0.4) is 0 Å². The van der Waals surface area contributed by atoms with Gasteiger partial charge in [-0.15, -0.1) is 0 Å². The molecule has 0 aliphatic carbocycles. The molecule has 0 amide bonds. The molecule has 0 aromatic carbocycles. The smallest absolute Gasteiger partial charge is 0.151 e. The molecule has 2 atom stereocenters. The molecule has 1 aromatic heterocycles. The molecular formula is C11H16N2O3S. The van der Waals surface area contributed by atoms with Crippen molar-refractivity contribution < 1.29 is 13.5 Å². The van der Waals surface area contributed by atoms with Crippen molar-refractivity contribution in [1.29, 1.82) is 0 Å². The number of aliphatic hydroxyl groups excluding tert-OH is 1. The summed E-state index contributed by atoms with van der Waals surface area (Å²) in [4.78, 5) is 4.52. The van der Waals surface area contributed by atoms with E-state index in [1.54, 1.807) is 0 Å². The van der Waals surface area contributed by atoms with Crippen molar-refractivity contribution in [2.75, 3.05) is 11.5 Å². The summed E-state index contributed by atoms with van der Waals surface area (Å²) in [6, 6.07) is 0. The molecule has 0 radical (unpaired) electrons. The van der Waals surface area contributed by atoms with Gasteiger partial charge in [0.25, 0.3) is 0 Å². The van der Waals surface area contributed by atoms with Gasteiger partial charge in [-0.3, -0.25) is 0 Å². The molecule has 1 saturated heterocycles. The quantitative estimate of drug-likeness (QED) is 0.773. The lowest BCUT2D eigenvalue weighted by molar-refractivity contribution is 0.130. The van der Waals surface area contributed by atoms with Crippen molar-refractivity contribution in [3.63, 3.8) is 0 Å². The molecular weight excluding hydrogens is 240 g/mol. The molecule has 6 heteroatoms. The minimum Gasteiger partial charge on any atom is -0.391 e. The van der Waals surface area contributed by atoms with E-state index in [0.717, 1.165) is 24.4 Å². The highest BCUT2D eigenvalue weighted by molar-refractivity contribution is 7.91. The van der Waals surface area contributed by atoms with E-state index in [2.05, 4.69) is 4.98 Å². The third-order valence-corrected chi connectivity index (χ3v) is 5.41. The van der Waals surface area contributed by atoms with Crippen LogP contribution in [0.15, 0.2) is 6.20 Å². The van der Waals surface area contributed by atoms with Gasteiger partial charge in [-0.05, 0) is 12.8 Å². The van der Waals surface area contributed by atoms with E-state index in [0.29, 0.717) is 13.0 Å². The fraction of sp³-hybridized carbons (Fsp3) is 0.727. The summed E-state index contributed by atoms with van der Waals surface area (Å²) in [5, 5.41) is 9.57. The van der Waals surface area contributed by atoms with E-state index in [9.17, 15) is 13.5 Å². The van der Waals surface area contributed by atoms with Crippen molar-refractivity contribution >= 4 is 9.84 Å². The Kier molecular flexibility index (Phi) is 2.52. The summed E-state index contributed by atoms with van der Waals surface area (Å²) in [5.41, 5.74) is 0.884. The van der Waals surface area contributed by atoms with Crippen LogP contribution in [-0.4, -0.2) is 40.7 Å². The first-order chi connectivity index (χ1) is 8.03. The highest BCUT2D eigenvalue weighted by atomic mass is 32.2. The lowest BCUT2D eigenvalue weighted by Crippen LogP contribution is -2.23. The zero-order chi connectivity index (χ0) is 12.0. The summed E-state index contributed by atoms with van der Waals surface area (Å²) in [6.07, 6.45) is 3.84. The maximum atomic E-state index is 11.4. The summed E-state index contributed by atoms with van der Waals surface area (Å²) >= 11 is 0. The molecule has 94 valence electrons. The first-order valence-corrected chi connectivity index (χ1v) is 7.80. The van der Waals surface area contributed by atoms with Crippen LogP contribution in [0.2, 0.25) is 0 Å². The van der Waals surface area contributed by atoms with E-state index in [1.165, 1.54) is 0 Å². The molecule has 1 fully saturated rings. The van der Waals surface area contributed by atoms with Gasteiger partial charge in [0.1, 0.15) is 5.82 Å². The number of sulfone groups is 1. The molecule has 2 aliphatic rings. The number of aryl methyl sites for hydroxylation is 1. The van der Waals surface area contributed by atoms with Crippen LogP contribution in [0.25, 0.3) is 0 Å². The van der Waals surface area contributed by atoms with E-state index in [-0.39, 0.29) is 23.5 Å². The number of fused-ring (bicyclic) bond motifs is 1. The largest absolute Gasteiger partial charge is 0.391 e. The van der Waals surface area contributed by atoms with Crippen molar-refractivity contribution in [3.05, 3.63) is 17.7 Å². The molecule has 2 unspecified atom stereocenters. The Morgan fingerprint density at radius 3 is 2.94 bits per heavy atom. The fourth-order valence-electron chi connectivity index (χ4n) is 2.67. The van der Waals surface area contributed by atoms with E-state index in [1.807, 2.05) is 10.8 Å². The van der Waals surface area contributed by atoms with Gasteiger partial charge in [-0.25, -0.2) is 13.4 Å². The maximum absolute atomic E-state index is 11.4. The summed E-state index contributed by atoms with van der Waals surface area (Å²) < 4.78 is 24.8. The van der Waals surface area contributed by atoms with Gasteiger partial charge in [-0.2, -0.15) is 0 Å². The van der Waals surface area contributed by atoms with Gasteiger partial charge >= 0.3 is 0 Å². The topological polar surface area (TPSA) is 72.2 Å². The summed E-state index contributed by atoms with van der Waals surface area (Å²) in [5.74, 6) is 1.54. The first-order valence-electron chi connectivity index (χ1n) is 5.98. The average Bonchev–Trinajstić information content (AvgIpc) is 2.80. The third kappa shape index (κ3) is 2.11. The minimum atomic E-state index is -2.85. The number of nitrogens with zero attached hydrogens (tertiary/aromatic N) is 2. The van der Waals surface area contributed by atoms with E-state index in [4.69, 9.17) is 0 Å². The zero-order valence-corrected chi connectivity index (χ0v) is 10.4. The Hall–Kier alpha value is -0.880. The molecule has 3 heterocycles. The standard InChI is InChI=1S/C11H16N2O3S/c14-9-1-2-11-12-10(6-13(11)5-9)8-3-4-17(15,16)7-8/h6,8-9,14H,1-5,7H2. The number of imidazole rings is 1. The number of rotatable bonds is 1. The van der Waals surface area contributed by atoms with E-state index < -0.39 is 9.84 Å². The van der Waals surface area contributed by atoms with Gasteiger partial charge < -0.3 is 9.67 Å². The summed E-state index contributed by atoms with van der Waals surface area (Å²) in [6.45, 7) is 0.585. The Morgan fingerprint density at radius 2 is 2.24 bits per heavy atom. The second-order valence-corrected chi connectivity index (χ2v) is 7.26. The van der Waals surface area contributed by atoms with Crippen LogP contribution in [0.4, 0.5) is 0 Å². The Balaban J connectivity index is 1.86. The molecule has 3 rings (SSSR count). The first kappa shape index (κ1) is 11.2. The maximum Gasteiger partial charge on any atom is 0.151 e. The molecule has 1 aromatic rings. The molecule has 0 saturated carbocycles. The van der Waals surface area contributed by atoms with Gasteiger partial charge in [0, 0.05) is 25.1 Å². The number of hydrogen-bond acceptors (Lipinski definition) is 4. The Labute approximate surface area is 100 Å². The van der Waals surface area contributed by atoms with Crippen LogP contribution in [0, 0.1) is 0 Å². The van der Waals surface area contributed by atoms with Crippen LogP contribution in [0.1, 0.15) is 30.3 Å². The van der Waals surface area contributed by atoms with Crippen molar-refractivity contribution in [2.24, 2.45) is 0 Å². The molecule has 2 aliphatic heterocycles. The molecule has 17 heavy (non-hydrogen) atoms.